The van der Waals surface area contributed by atoms with E-state index >= 15 is 0 Å². The van der Waals surface area contributed by atoms with Crippen molar-refractivity contribution in [2.75, 3.05) is 5.75 Å². The van der Waals surface area contributed by atoms with Gasteiger partial charge in [-0.2, -0.15) is 0 Å². The molecule has 0 atom stereocenters. The molecular formula is C8H9N3O3S2. The van der Waals surface area contributed by atoms with Crippen LogP contribution in [-0.2, 0) is 10.0 Å². The van der Waals surface area contributed by atoms with E-state index in [4.69, 9.17) is 5.14 Å². The molecule has 1 aromatic heterocycles. The lowest BCUT2D eigenvalue weighted by molar-refractivity contribution is 0.314. The van der Waals surface area contributed by atoms with E-state index in [0.717, 1.165) is 10.6 Å². The minimum Gasteiger partial charge on any atom is -0.243 e. The van der Waals surface area contributed by atoms with E-state index in [1.165, 1.54) is 17.8 Å². The van der Waals surface area contributed by atoms with E-state index in [9.17, 15) is 8.42 Å². The summed E-state index contributed by atoms with van der Waals surface area (Å²) in [5.41, 5.74) is 0.610. The van der Waals surface area contributed by atoms with Gasteiger partial charge in [0.1, 0.15) is 10.4 Å². The Hall–Kier alpha value is -1.12. The minimum absolute atomic E-state index is 0.0656. The molecule has 16 heavy (non-hydrogen) atoms. The average molecular weight is 259 g/mol. The topological polar surface area (TPSA) is 99.1 Å². The molecule has 6 nitrogen and oxygen atoms in total. The average Bonchev–Trinajstić information content (AvgIpc) is 2.65. The number of hydrogen-bond acceptors (Lipinski definition) is 6. The van der Waals surface area contributed by atoms with Crippen molar-refractivity contribution in [1.82, 2.24) is 10.3 Å². The molecular weight excluding hydrogens is 250 g/mol. The Bertz CT molecular complexity index is 620. The van der Waals surface area contributed by atoms with Crippen LogP contribution in [0, 0.1) is 0 Å². The summed E-state index contributed by atoms with van der Waals surface area (Å²) in [6.07, 6.45) is 0. The lowest BCUT2D eigenvalue weighted by Gasteiger charge is -2.01. The Morgan fingerprint density at radius 1 is 1.38 bits per heavy atom. The van der Waals surface area contributed by atoms with Crippen molar-refractivity contribution in [2.24, 2.45) is 5.14 Å². The summed E-state index contributed by atoms with van der Waals surface area (Å²) in [6.45, 7) is 1.98. The largest absolute Gasteiger partial charge is 0.243 e. The highest BCUT2D eigenvalue weighted by Gasteiger charge is 2.18. The van der Waals surface area contributed by atoms with Gasteiger partial charge >= 0.3 is 0 Å². The first-order valence-electron chi connectivity index (χ1n) is 4.45. The molecule has 2 rings (SSSR count). The van der Waals surface area contributed by atoms with Gasteiger partial charge in [-0.1, -0.05) is 6.92 Å². The minimum atomic E-state index is -3.80. The predicted octanol–water partition coefficient (Wildman–Crippen LogP) is 0.982. The molecule has 8 heteroatoms. The molecule has 2 N–H and O–H groups in total. The Morgan fingerprint density at radius 3 is 2.69 bits per heavy atom. The highest BCUT2D eigenvalue weighted by molar-refractivity contribution is 7.99. The number of aromatic nitrogens is 2. The van der Waals surface area contributed by atoms with E-state index in [1.54, 1.807) is 6.07 Å². The van der Waals surface area contributed by atoms with Crippen LogP contribution in [0.3, 0.4) is 0 Å². The highest BCUT2D eigenvalue weighted by Crippen LogP contribution is 2.29. The molecule has 0 aliphatic rings. The van der Waals surface area contributed by atoms with Gasteiger partial charge in [0.05, 0.1) is 0 Å². The molecule has 0 fully saturated rings. The summed E-state index contributed by atoms with van der Waals surface area (Å²) in [5, 5.41) is 12.3. The zero-order valence-corrected chi connectivity index (χ0v) is 10.0. The molecule has 0 saturated heterocycles. The highest BCUT2D eigenvalue weighted by atomic mass is 32.2. The van der Waals surface area contributed by atoms with Gasteiger partial charge in [-0.05, 0) is 28.2 Å². The molecule has 1 heterocycles. The second kappa shape index (κ2) is 4.04. The Kier molecular flexibility index (Phi) is 2.87. The number of hydrogen-bond donors (Lipinski definition) is 1. The summed E-state index contributed by atoms with van der Waals surface area (Å²) in [4.78, 5) is 0.760. The SMILES string of the molecule is CCSc1ccc(S(N)(=O)=O)c2nonc12. The number of primary sulfonamides is 1. The normalized spacial score (nSPS) is 12.1. The van der Waals surface area contributed by atoms with Crippen molar-refractivity contribution in [3.05, 3.63) is 12.1 Å². The number of nitrogens with two attached hydrogens (primary N) is 1. The molecule has 0 amide bonds. The van der Waals surface area contributed by atoms with Crippen molar-refractivity contribution in [3.8, 4) is 0 Å². The number of sulfonamides is 1. The Balaban J connectivity index is 2.74. The summed E-state index contributed by atoms with van der Waals surface area (Å²) in [7, 11) is -3.80. The monoisotopic (exact) mass is 259 g/mol. The predicted molar refractivity (Wildman–Crippen MR) is 59.6 cm³/mol. The fourth-order valence-electron chi connectivity index (χ4n) is 1.32. The number of thioether (sulfide) groups is 1. The molecule has 1 aromatic carbocycles. The zero-order chi connectivity index (χ0) is 11.8. The maximum Gasteiger partial charge on any atom is 0.240 e. The van der Waals surface area contributed by atoms with Gasteiger partial charge in [0, 0.05) is 4.90 Å². The fraction of sp³-hybridized carbons (Fsp3) is 0.250. The quantitative estimate of drug-likeness (QED) is 0.825. The molecule has 0 bridgehead atoms. The Morgan fingerprint density at radius 2 is 2.06 bits per heavy atom. The number of nitrogens with zero attached hydrogens (tertiary/aromatic N) is 2. The van der Waals surface area contributed by atoms with Crippen LogP contribution in [-0.4, -0.2) is 24.5 Å². The first kappa shape index (κ1) is 11.4. The van der Waals surface area contributed by atoms with Crippen LogP contribution >= 0.6 is 11.8 Å². The maximum atomic E-state index is 11.3. The molecule has 0 unspecified atom stereocenters. The van der Waals surface area contributed by atoms with Gasteiger partial charge in [0.15, 0.2) is 5.52 Å². The van der Waals surface area contributed by atoms with Crippen molar-refractivity contribution < 1.29 is 13.0 Å². The third kappa shape index (κ3) is 1.91. The van der Waals surface area contributed by atoms with Crippen LogP contribution in [0.5, 0.6) is 0 Å². The molecule has 2 aromatic rings. The summed E-state index contributed by atoms with van der Waals surface area (Å²) >= 11 is 1.53. The van der Waals surface area contributed by atoms with E-state index in [1.807, 2.05) is 6.92 Å². The third-order valence-electron chi connectivity index (χ3n) is 1.95. The molecule has 86 valence electrons. The lowest BCUT2D eigenvalue weighted by atomic mass is 10.3. The van der Waals surface area contributed by atoms with Crippen LogP contribution in [0.2, 0.25) is 0 Å². The van der Waals surface area contributed by atoms with Gasteiger partial charge in [-0.3, -0.25) is 0 Å². The summed E-state index contributed by atoms with van der Waals surface area (Å²) in [5.74, 6) is 0.844. The van der Waals surface area contributed by atoms with Crippen LogP contribution in [0.4, 0.5) is 0 Å². The van der Waals surface area contributed by atoms with E-state index in [-0.39, 0.29) is 10.4 Å². The van der Waals surface area contributed by atoms with Crippen LogP contribution in [0.1, 0.15) is 6.92 Å². The third-order valence-corrected chi connectivity index (χ3v) is 3.82. The standard InChI is InChI=1S/C8H9N3O3S2/c1-2-15-5-3-4-6(16(9,12)13)8-7(5)10-14-11-8/h3-4H,2H2,1H3,(H2,9,12,13). The maximum absolute atomic E-state index is 11.3. The van der Waals surface area contributed by atoms with Crippen molar-refractivity contribution in [1.29, 1.82) is 0 Å². The molecule has 0 spiro atoms. The Labute approximate surface area is 96.2 Å². The second-order valence-electron chi connectivity index (χ2n) is 3.00. The number of rotatable bonds is 3. The van der Waals surface area contributed by atoms with Crippen LogP contribution < -0.4 is 5.14 Å². The van der Waals surface area contributed by atoms with Gasteiger partial charge in [0.2, 0.25) is 10.0 Å². The zero-order valence-electron chi connectivity index (χ0n) is 8.37. The van der Waals surface area contributed by atoms with E-state index in [0.29, 0.717) is 5.52 Å². The molecule has 0 aliphatic carbocycles. The van der Waals surface area contributed by atoms with Gasteiger partial charge < -0.3 is 0 Å². The van der Waals surface area contributed by atoms with Crippen molar-refractivity contribution >= 4 is 32.8 Å². The van der Waals surface area contributed by atoms with Gasteiger partial charge in [-0.15, -0.1) is 11.8 Å². The fourth-order valence-corrected chi connectivity index (χ4v) is 2.73. The number of benzene rings is 1. The second-order valence-corrected chi connectivity index (χ2v) is 5.84. The van der Waals surface area contributed by atoms with Crippen molar-refractivity contribution in [3.63, 3.8) is 0 Å². The van der Waals surface area contributed by atoms with E-state index in [2.05, 4.69) is 14.9 Å². The lowest BCUT2D eigenvalue weighted by Crippen LogP contribution is -2.12. The van der Waals surface area contributed by atoms with Crippen LogP contribution in [0.15, 0.2) is 26.6 Å². The van der Waals surface area contributed by atoms with Crippen LogP contribution in [0.25, 0.3) is 11.0 Å². The van der Waals surface area contributed by atoms with E-state index < -0.39 is 10.0 Å². The van der Waals surface area contributed by atoms with Gasteiger partial charge in [0.25, 0.3) is 0 Å². The smallest absolute Gasteiger partial charge is 0.240 e. The molecule has 0 radical (unpaired) electrons. The first-order valence-corrected chi connectivity index (χ1v) is 6.98. The molecule has 0 aliphatic heterocycles. The summed E-state index contributed by atoms with van der Waals surface area (Å²) < 4.78 is 27.1. The number of fused-ring (bicyclic) bond motifs is 1. The van der Waals surface area contributed by atoms with Gasteiger partial charge in [-0.25, -0.2) is 18.2 Å². The van der Waals surface area contributed by atoms with Crippen molar-refractivity contribution in [2.45, 2.75) is 16.7 Å². The first-order chi connectivity index (χ1) is 7.54. The molecule has 0 saturated carbocycles. The summed E-state index contributed by atoms with van der Waals surface area (Å²) in [6, 6.07) is 3.07.